The van der Waals surface area contributed by atoms with E-state index in [2.05, 4.69) is 109 Å². The number of nitrogens with zero attached hydrogens (tertiary/aromatic N) is 1. The maximum atomic E-state index is 13.5. The van der Waals surface area contributed by atoms with E-state index in [1.165, 1.54) is 11.1 Å². The van der Waals surface area contributed by atoms with Gasteiger partial charge < -0.3 is 9.64 Å². The largest absolute Gasteiger partial charge is 0.457 e. The van der Waals surface area contributed by atoms with Crippen LogP contribution in [-0.2, 0) is 22.6 Å². The summed E-state index contributed by atoms with van der Waals surface area (Å²) in [7, 11) is 0. The molecule has 0 bridgehead atoms. The number of esters is 1. The summed E-state index contributed by atoms with van der Waals surface area (Å²) in [6.07, 6.45) is 0.779. The summed E-state index contributed by atoms with van der Waals surface area (Å²) in [5.74, 6) is -0.361. The van der Waals surface area contributed by atoms with Crippen LogP contribution in [0.2, 0.25) is 0 Å². The molecule has 4 heteroatoms. The van der Waals surface area contributed by atoms with Crippen LogP contribution in [0.1, 0.15) is 56.7 Å². The monoisotopic (exact) mass is 549 g/mol. The van der Waals surface area contributed by atoms with Gasteiger partial charge >= 0.3 is 5.97 Å². The molecule has 0 unspecified atom stereocenters. The third-order valence-electron chi connectivity index (χ3n) is 6.55. The van der Waals surface area contributed by atoms with Gasteiger partial charge in [-0.3, -0.25) is 0 Å². The van der Waals surface area contributed by atoms with Gasteiger partial charge in [0.25, 0.3) is 0 Å². The van der Waals surface area contributed by atoms with E-state index in [1.807, 2.05) is 44.4 Å². The molecular weight excluding hydrogens is 510 g/mol. The number of thioether (sulfide) groups is 1. The van der Waals surface area contributed by atoms with E-state index in [1.54, 1.807) is 11.8 Å². The van der Waals surface area contributed by atoms with Crippen LogP contribution in [-0.4, -0.2) is 11.6 Å². The highest BCUT2D eigenvalue weighted by Crippen LogP contribution is 2.35. The Labute approximate surface area is 243 Å². The second-order valence-corrected chi connectivity index (χ2v) is 11.8. The Balaban J connectivity index is 1.69. The minimum Gasteiger partial charge on any atom is -0.457 e. The van der Waals surface area contributed by atoms with Crippen molar-refractivity contribution in [3.63, 3.8) is 0 Å². The van der Waals surface area contributed by atoms with Gasteiger partial charge in [0.05, 0.1) is 5.57 Å². The van der Waals surface area contributed by atoms with E-state index < -0.39 is 5.60 Å². The Kier molecular flexibility index (Phi) is 10.3. The van der Waals surface area contributed by atoms with Crippen LogP contribution in [0.5, 0.6) is 0 Å². The molecule has 0 heterocycles. The number of rotatable bonds is 11. The Morgan fingerprint density at radius 2 is 1.35 bits per heavy atom. The number of carbonyl (C=O) groups is 1. The number of hydrogen-bond acceptors (Lipinski definition) is 4. The zero-order chi connectivity index (χ0) is 28.4. The van der Waals surface area contributed by atoms with E-state index in [-0.39, 0.29) is 11.9 Å². The molecular formula is C36H39NO2S. The lowest BCUT2D eigenvalue weighted by Crippen LogP contribution is -2.27. The van der Waals surface area contributed by atoms with Crippen molar-refractivity contribution in [1.29, 1.82) is 0 Å². The van der Waals surface area contributed by atoms with Gasteiger partial charge in [-0.15, -0.1) is 0 Å². The average Bonchev–Trinajstić information content (AvgIpc) is 2.95. The number of hydrogen-bond donors (Lipinski definition) is 0. The Morgan fingerprint density at radius 3 is 1.88 bits per heavy atom. The van der Waals surface area contributed by atoms with Crippen LogP contribution in [0.3, 0.4) is 0 Å². The van der Waals surface area contributed by atoms with Crippen molar-refractivity contribution < 1.29 is 9.53 Å². The van der Waals surface area contributed by atoms with Gasteiger partial charge in [-0.1, -0.05) is 110 Å². The molecule has 0 aliphatic heterocycles. The summed E-state index contributed by atoms with van der Waals surface area (Å²) in [4.78, 5) is 17.0. The molecule has 0 saturated heterocycles. The molecule has 0 spiro atoms. The van der Waals surface area contributed by atoms with Crippen LogP contribution in [0, 0.1) is 0 Å². The molecule has 0 aromatic heterocycles. The van der Waals surface area contributed by atoms with E-state index in [4.69, 9.17) is 4.74 Å². The first-order valence-electron chi connectivity index (χ1n) is 13.9. The quantitative estimate of drug-likeness (QED) is 0.106. The zero-order valence-electron chi connectivity index (χ0n) is 23.9. The normalized spacial score (nSPS) is 12.6. The minimum atomic E-state index is -0.574. The highest BCUT2D eigenvalue weighted by molar-refractivity contribution is 8.02. The van der Waals surface area contributed by atoms with Gasteiger partial charge in [-0.2, -0.15) is 0 Å². The maximum absolute atomic E-state index is 13.5. The Bertz CT molecular complexity index is 1340. The van der Waals surface area contributed by atoms with Crippen molar-refractivity contribution in [2.45, 2.75) is 63.6 Å². The topological polar surface area (TPSA) is 29.5 Å². The lowest BCUT2D eigenvalue weighted by Gasteiger charge is -2.28. The van der Waals surface area contributed by atoms with Gasteiger partial charge in [0, 0.05) is 29.6 Å². The first-order chi connectivity index (χ1) is 19.3. The van der Waals surface area contributed by atoms with Crippen molar-refractivity contribution in [1.82, 2.24) is 0 Å². The fraction of sp³-hybridized carbons (Fsp3) is 0.250. The fourth-order valence-electron chi connectivity index (χ4n) is 4.66. The third kappa shape index (κ3) is 8.62. The molecule has 40 heavy (non-hydrogen) atoms. The van der Waals surface area contributed by atoms with Gasteiger partial charge in [0.2, 0.25) is 0 Å². The summed E-state index contributed by atoms with van der Waals surface area (Å²) in [5, 5.41) is 1.98. The fourth-order valence-corrected chi connectivity index (χ4v) is 5.50. The summed E-state index contributed by atoms with van der Waals surface area (Å²) in [6, 6.07) is 39.9. The Hall–Kier alpha value is -3.76. The number of carbonyl (C=O) groups excluding carboxylic acids is 1. The summed E-state index contributed by atoms with van der Waals surface area (Å²) in [6.45, 7) is 9.45. The van der Waals surface area contributed by atoms with Crippen LogP contribution >= 0.6 is 11.8 Å². The lowest BCUT2D eigenvalue weighted by molar-refractivity contribution is -0.150. The number of ether oxygens (including phenoxy) is 1. The molecule has 0 aliphatic carbocycles. The average molecular weight is 550 g/mol. The van der Waals surface area contributed by atoms with Crippen molar-refractivity contribution in [3.8, 4) is 0 Å². The molecule has 4 aromatic rings. The zero-order valence-corrected chi connectivity index (χ0v) is 24.7. The van der Waals surface area contributed by atoms with Crippen molar-refractivity contribution in [2.24, 2.45) is 0 Å². The van der Waals surface area contributed by atoms with E-state index >= 15 is 0 Å². The van der Waals surface area contributed by atoms with Crippen molar-refractivity contribution >= 4 is 23.4 Å². The molecule has 0 radical (unpaired) electrons. The second-order valence-electron chi connectivity index (χ2n) is 10.9. The highest BCUT2D eigenvalue weighted by Gasteiger charge is 2.27. The van der Waals surface area contributed by atoms with Gasteiger partial charge in [0.1, 0.15) is 5.60 Å². The second kappa shape index (κ2) is 14.0. The molecule has 0 saturated carbocycles. The molecule has 1 atom stereocenters. The van der Waals surface area contributed by atoms with Crippen LogP contribution in [0.4, 0.5) is 5.69 Å². The maximum Gasteiger partial charge on any atom is 0.335 e. The molecule has 206 valence electrons. The SMILES string of the molecule is CC[C@H](/C(=C\Sc1ccccc1)C(=O)OC(C)(C)C)c1cccc(N(Cc2ccccc2)Cc2ccccc2)c1. The van der Waals surface area contributed by atoms with Gasteiger partial charge in [-0.05, 0) is 73.6 Å². The smallest absolute Gasteiger partial charge is 0.335 e. The van der Waals surface area contributed by atoms with Crippen molar-refractivity contribution in [3.05, 3.63) is 143 Å². The molecule has 0 fully saturated rings. The highest BCUT2D eigenvalue weighted by atomic mass is 32.2. The predicted molar refractivity (Wildman–Crippen MR) is 168 cm³/mol. The third-order valence-corrected chi connectivity index (χ3v) is 7.47. The lowest BCUT2D eigenvalue weighted by atomic mass is 9.89. The van der Waals surface area contributed by atoms with Crippen LogP contribution in [0.25, 0.3) is 0 Å². The first kappa shape index (κ1) is 29.2. The molecule has 0 amide bonds. The molecule has 3 nitrogen and oxygen atoms in total. The van der Waals surface area contributed by atoms with E-state index in [0.29, 0.717) is 5.57 Å². The van der Waals surface area contributed by atoms with Crippen LogP contribution in [0.15, 0.2) is 131 Å². The number of benzene rings is 4. The van der Waals surface area contributed by atoms with Crippen molar-refractivity contribution in [2.75, 3.05) is 4.90 Å². The molecule has 0 aliphatic rings. The first-order valence-corrected chi connectivity index (χ1v) is 14.8. The molecule has 4 rings (SSSR count). The van der Waals surface area contributed by atoms with E-state index in [9.17, 15) is 4.79 Å². The van der Waals surface area contributed by atoms with Gasteiger partial charge in [0.15, 0.2) is 0 Å². The summed E-state index contributed by atoms with van der Waals surface area (Å²) >= 11 is 1.56. The minimum absolute atomic E-state index is 0.0960. The number of anilines is 1. The summed E-state index contributed by atoms with van der Waals surface area (Å²) in [5.41, 5.74) is 4.85. The standard InChI is InChI=1S/C36H39NO2S/c1-5-33(34(35(38)39-36(2,3)4)27-40-32-22-13-8-14-23-32)30-20-15-21-31(24-30)37(25-28-16-9-6-10-17-28)26-29-18-11-7-12-19-29/h6-24,27,33H,5,25-26H2,1-4H3/b34-27+/t33-/m0/s1. The molecule has 0 N–H and O–H groups in total. The summed E-state index contributed by atoms with van der Waals surface area (Å²) < 4.78 is 5.90. The molecule has 4 aromatic carbocycles. The van der Waals surface area contributed by atoms with Crippen LogP contribution < -0.4 is 4.90 Å². The van der Waals surface area contributed by atoms with Gasteiger partial charge in [-0.25, -0.2) is 4.79 Å². The van der Waals surface area contributed by atoms with E-state index in [0.717, 1.165) is 35.7 Å². The predicted octanol–water partition coefficient (Wildman–Crippen LogP) is 9.40. The Morgan fingerprint density at radius 1 is 0.800 bits per heavy atom.